The molecule has 19 heavy (non-hydrogen) atoms. The maximum Gasteiger partial charge on any atom is 0.205 e. The molecule has 106 valence electrons. The highest BCUT2D eigenvalue weighted by atomic mass is 16.5. The minimum Gasteiger partial charge on any atom is -0.490 e. The summed E-state index contributed by atoms with van der Waals surface area (Å²) in [6.45, 7) is 3.05. The third-order valence-electron chi connectivity index (χ3n) is 3.75. The molecule has 1 aromatic heterocycles. The Morgan fingerprint density at radius 2 is 2.11 bits per heavy atom. The minimum absolute atomic E-state index is 0.529. The summed E-state index contributed by atoms with van der Waals surface area (Å²) in [7, 11) is 1.62. The van der Waals surface area contributed by atoms with E-state index in [-0.39, 0.29) is 0 Å². The second-order valence-corrected chi connectivity index (χ2v) is 4.80. The van der Waals surface area contributed by atoms with Crippen molar-refractivity contribution >= 4 is 11.6 Å². The standard InChI is InChI=1S/C13H23N5O/c1-3-18(10-7-5-4-6-8-10)13-11(19-2)12(17-14)15-9-16-13/h9-10H,3-8,14H2,1-2H3,(H,15,16,17). The Labute approximate surface area is 114 Å². The Morgan fingerprint density at radius 3 is 2.68 bits per heavy atom. The quantitative estimate of drug-likeness (QED) is 0.626. The first-order chi connectivity index (χ1) is 9.31. The van der Waals surface area contributed by atoms with E-state index in [1.165, 1.54) is 38.4 Å². The smallest absolute Gasteiger partial charge is 0.205 e. The first-order valence-electron chi connectivity index (χ1n) is 6.94. The van der Waals surface area contributed by atoms with Gasteiger partial charge in [0, 0.05) is 12.6 Å². The van der Waals surface area contributed by atoms with Crippen molar-refractivity contribution in [2.24, 2.45) is 5.84 Å². The Bertz CT molecular complexity index is 406. The summed E-state index contributed by atoms with van der Waals surface area (Å²) in [5.74, 6) is 7.46. The van der Waals surface area contributed by atoms with Crippen LogP contribution >= 0.6 is 0 Å². The van der Waals surface area contributed by atoms with E-state index in [0.29, 0.717) is 17.6 Å². The average molecular weight is 265 g/mol. The van der Waals surface area contributed by atoms with Crippen LogP contribution in [0.2, 0.25) is 0 Å². The lowest BCUT2D eigenvalue weighted by Gasteiger charge is -2.35. The number of rotatable bonds is 5. The van der Waals surface area contributed by atoms with E-state index >= 15 is 0 Å². The Kier molecular flexibility index (Phi) is 4.79. The van der Waals surface area contributed by atoms with Gasteiger partial charge < -0.3 is 15.1 Å². The van der Waals surface area contributed by atoms with Gasteiger partial charge in [-0.2, -0.15) is 0 Å². The van der Waals surface area contributed by atoms with Gasteiger partial charge in [0.25, 0.3) is 0 Å². The van der Waals surface area contributed by atoms with Crippen LogP contribution in [0.4, 0.5) is 11.6 Å². The summed E-state index contributed by atoms with van der Waals surface area (Å²) >= 11 is 0. The van der Waals surface area contributed by atoms with Crippen LogP contribution in [-0.2, 0) is 0 Å². The molecule has 6 heteroatoms. The molecule has 6 nitrogen and oxygen atoms in total. The molecule has 0 saturated heterocycles. The number of hydrogen-bond acceptors (Lipinski definition) is 6. The SMILES string of the molecule is CCN(c1ncnc(NN)c1OC)C1CCCCC1. The molecular weight excluding hydrogens is 242 g/mol. The molecule has 3 N–H and O–H groups in total. The summed E-state index contributed by atoms with van der Waals surface area (Å²) in [6, 6.07) is 0.535. The monoisotopic (exact) mass is 265 g/mol. The number of nitrogen functional groups attached to an aromatic ring is 1. The maximum absolute atomic E-state index is 5.48. The van der Waals surface area contributed by atoms with Crippen LogP contribution < -0.4 is 20.9 Å². The summed E-state index contributed by atoms with van der Waals surface area (Å²) < 4.78 is 5.43. The summed E-state index contributed by atoms with van der Waals surface area (Å²) in [5, 5.41) is 0. The molecule has 0 atom stereocenters. The zero-order chi connectivity index (χ0) is 13.7. The van der Waals surface area contributed by atoms with Crippen LogP contribution in [0.1, 0.15) is 39.0 Å². The fourth-order valence-electron chi connectivity index (χ4n) is 2.83. The number of ether oxygens (including phenoxy) is 1. The molecule has 0 amide bonds. The topological polar surface area (TPSA) is 76.3 Å². The first-order valence-corrected chi connectivity index (χ1v) is 6.94. The maximum atomic E-state index is 5.48. The fraction of sp³-hybridized carbons (Fsp3) is 0.692. The predicted octanol–water partition coefficient (Wildman–Crippen LogP) is 1.93. The first kappa shape index (κ1) is 13.9. The van der Waals surface area contributed by atoms with E-state index < -0.39 is 0 Å². The van der Waals surface area contributed by atoms with Crippen molar-refractivity contribution in [2.75, 3.05) is 24.0 Å². The Morgan fingerprint density at radius 1 is 1.37 bits per heavy atom. The average Bonchev–Trinajstić information content (AvgIpc) is 2.48. The number of nitrogens with zero attached hydrogens (tertiary/aromatic N) is 3. The van der Waals surface area contributed by atoms with Crippen LogP contribution in [0.15, 0.2) is 6.33 Å². The van der Waals surface area contributed by atoms with Crippen molar-refractivity contribution in [1.82, 2.24) is 9.97 Å². The molecule has 0 radical (unpaired) electrons. The molecule has 0 aromatic carbocycles. The van der Waals surface area contributed by atoms with Crippen molar-refractivity contribution in [2.45, 2.75) is 45.1 Å². The van der Waals surface area contributed by atoms with Crippen LogP contribution in [-0.4, -0.2) is 29.7 Å². The number of anilines is 2. The van der Waals surface area contributed by atoms with Gasteiger partial charge in [-0.3, -0.25) is 0 Å². The number of methoxy groups -OCH3 is 1. The van der Waals surface area contributed by atoms with Gasteiger partial charge in [0.2, 0.25) is 5.75 Å². The lowest BCUT2D eigenvalue weighted by atomic mass is 9.94. The van der Waals surface area contributed by atoms with Crippen LogP contribution in [0.3, 0.4) is 0 Å². The molecule has 1 aromatic rings. The minimum atomic E-state index is 0.529. The lowest BCUT2D eigenvalue weighted by molar-refractivity contribution is 0.393. The highest BCUT2D eigenvalue weighted by Gasteiger charge is 2.25. The normalized spacial score (nSPS) is 16.2. The molecule has 2 rings (SSSR count). The zero-order valence-electron chi connectivity index (χ0n) is 11.7. The van der Waals surface area contributed by atoms with Gasteiger partial charge in [-0.25, -0.2) is 15.8 Å². The number of hydrogen-bond donors (Lipinski definition) is 2. The van der Waals surface area contributed by atoms with Gasteiger partial charge >= 0.3 is 0 Å². The summed E-state index contributed by atoms with van der Waals surface area (Å²) in [4.78, 5) is 10.8. The van der Waals surface area contributed by atoms with Crippen molar-refractivity contribution in [3.8, 4) is 5.75 Å². The molecule has 0 unspecified atom stereocenters. The number of hydrazine groups is 1. The van der Waals surface area contributed by atoms with E-state index in [4.69, 9.17) is 10.6 Å². The van der Waals surface area contributed by atoms with Gasteiger partial charge in [-0.1, -0.05) is 19.3 Å². The van der Waals surface area contributed by atoms with E-state index in [2.05, 4.69) is 27.2 Å². The second-order valence-electron chi connectivity index (χ2n) is 4.80. The molecule has 1 aliphatic carbocycles. The molecule has 1 aliphatic rings. The summed E-state index contributed by atoms with van der Waals surface area (Å²) in [5.41, 5.74) is 2.57. The highest BCUT2D eigenvalue weighted by Crippen LogP contribution is 2.35. The fourth-order valence-corrected chi connectivity index (χ4v) is 2.83. The van der Waals surface area contributed by atoms with Crippen molar-refractivity contribution in [3.63, 3.8) is 0 Å². The highest BCUT2D eigenvalue weighted by molar-refractivity contribution is 5.64. The molecule has 1 fully saturated rings. The van der Waals surface area contributed by atoms with E-state index in [1.807, 2.05) is 0 Å². The molecule has 1 heterocycles. The lowest BCUT2D eigenvalue weighted by Crippen LogP contribution is -2.37. The van der Waals surface area contributed by atoms with E-state index in [9.17, 15) is 0 Å². The predicted molar refractivity (Wildman–Crippen MR) is 76.3 cm³/mol. The van der Waals surface area contributed by atoms with E-state index in [1.54, 1.807) is 7.11 Å². The van der Waals surface area contributed by atoms with Gasteiger partial charge in [0.1, 0.15) is 6.33 Å². The number of nitrogens with two attached hydrogens (primary N) is 1. The van der Waals surface area contributed by atoms with Gasteiger partial charge in [-0.05, 0) is 19.8 Å². The third-order valence-corrected chi connectivity index (χ3v) is 3.75. The van der Waals surface area contributed by atoms with Crippen molar-refractivity contribution < 1.29 is 4.74 Å². The third kappa shape index (κ3) is 2.89. The molecular formula is C13H23N5O. The van der Waals surface area contributed by atoms with Crippen molar-refractivity contribution in [1.29, 1.82) is 0 Å². The van der Waals surface area contributed by atoms with Crippen molar-refractivity contribution in [3.05, 3.63) is 6.33 Å². The molecule has 0 bridgehead atoms. The Hall–Kier alpha value is -1.56. The molecule has 1 saturated carbocycles. The van der Waals surface area contributed by atoms with Gasteiger partial charge in [0.15, 0.2) is 11.6 Å². The largest absolute Gasteiger partial charge is 0.490 e. The van der Waals surface area contributed by atoms with Gasteiger partial charge in [0.05, 0.1) is 7.11 Å². The second kappa shape index (κ2) is 6.56. The van der Waals surface area contributed by atoms with Crippen LogP contribution in [0.25, 0.3) is 0 Å². The molecule has 0 aliphatic heterocycles. The summed E-state index contributed by atoms with van der Waals surface area (Å²) in [6.07, 6.45) is 7.87. The number of nitrogens with one attached hydrogen (secondary N) is 1. The zero-order valence-corrected chi connectivity index (χ0v) is 11.7. The van der Waals surface area contributed by atoms with Crippen LogP contribution in [0.5, 0.6) is 5.75 Å². The molecule has 0 spiro atoms. The Balaban J connectivity index is 2.31. The number of aromatic nitrogens is 2. The van der Waals surface area contributed by atoms with E-state index in [0.717, 1.165) is 12.4 Å². The van der Waals surface area contributed by atoms with Gasteiger partial charge in [-0.15, -0.1) is 0 Å². The van der Waals surface area contributed by atoms with Crippen LogP contribution in [0, 0.1) is 0 Å².